The minimum absolute atomic E-state index is 0.00137. The summed E-state index contributed by atoms with van der Waals surface area (Å²) in [7, 11) is -8.32. The Kier molecular flexibility index (Phi) is 16.4. The van der Waals surface area contributed by atoms with Gasteiger partial charge < -0.3 is 18.9 Å². The van der Waals surface area contributed by atoms with Gasteiger partial charge in [0.15, 0.2) is 0 Å². The minimum atomic E-state index is -6.11. The Morgan fingerprint density at radius 3 is 1.23 bits per heavy atom. The molecule has 0 aliphatic rings. The summed E-state index contributed by atoms with van der Waals surface area (Å²) in [5, 5.41) is 22.4. The number of sulfone groups is 1. The summed E-state index contributed by atoms with van der Waals surface area (Å²) >= 11 is 0.132. The molecule has 416 valence electrons. The number of hydrogen-bond donors (Lipinski definition) is 2. The first-order valence-electron chi connectivity index (χ1n) is 21.8. The monoisotopic (exact) mass is 1180 g/mol. The third-order valence-corrected chi connectivity index (χ3v) is 15.4. The second kappa shape index (κ2) is 22.0. The van der Waals surface area contributed by atoms with Crippen molar-refractivity contribution < 1.29 is 108 Å². The molecule has 7 aromatic rings. The van der Waals surface area contributed by atoms with E-state index in [4.69, 9.17) is 24.2 Å². The quantitative estimate of drug-likeness (QED) is 0.0288. The highest BCUT2D eigenvalue weighted by Gasteiger charge is 2.73. The Morgan fingerprint density at radius 1 is 0.506 bits per heavy atom. The van der Waals surface area contributed by atoms with Gasteiger partial charge in [-0.25, -0.2) is 13.7 Å². The number of halogens is 12. The number of nitrogens with zero attached hydrogens (tertiary/aromatic N) is 1. The number of alkyl halides is 12. The second-order valence-electron chi connectivity index (χ2n) is 16.6. The van der Waals surface area contributed by atoms with Crippen LogP contribution in [0.1, 0.15) is 33.4 Å². The van der Waals surface area contributed by atoms with Crippen LogP contribution in [-0.4, -0.2) is 58.5 Å². The Bertz CT molecular complexity index is 3600. The summed E-state index contributed by atoms with van der Waals surface area (Å²) in [4.78, 5) is -2.21. The van der Waals surface area contributed by atoms with Gasteiger partial charge in [0.2, 0.25) is 20.7 Å². The van der Waals surface area contributed by atoms with Crippen molar-refractivity contribution in [2.45, 2.75) is 62.0 Å². The van der Waals surface area contributed by atoms with Gasteiger partial charge in [-0.2, -0.15) is 66.4 Å². The third kappa shape index (κ3) is 11.4. The van der Waals surface area contributed by atoms with Crippen molar-refractivity contribution in [2.75, 3.05) is 7.11 Å². The highest BCUT2D eigenvalue weighted by molar-refractivity contribution is 7.94. The summed E-state index contributed by atoms with van der Waals surface area (Å²) in [6.45, 7) is 1.28. The standard InChI is InChI=1S/C51H33F12NO12S3/c1-29-6-23-39(27-45(29)79(68,69)70)78(66,67)38-24-25-43(44(26-38)77-76-75-65)74-37-21-13-33(14-22-37)47(50(58,59)60,51(61,62)63)32-11-19-36(20-12-32)73-42-5-3-4-41(40(42)28-64)72-35-17-9-31(10-18-35)46(48(52,53)54,49(55,56)57)30-7-15-34(71-2)16-8-30/h3-27,65H,1-2H3,(H,68,69,70). The summed E-state index contributed by atoms with van der Waals surface area (Å²) in [6.07, 6.45) is -24.1. The fourth-order valence-electron chi connectivity index (χ4n) is 8.31. The molecular weight excluding hydrogens is 1140 g/mol. The van der Waals surface area contributed by atoms with Gasteiger partial charge in [-0.15, -0.1) is 4.33 Å². The lowest BCUT2D eigenvalue weighted by molar-refractivity contribution is -0.432. The van der Waals surface area contributed by atoms with E-state index in [0.717, 1.165) is 98.1 Å². The molecule has 0 unspecified atom stereocenters. The van der Waals surface area contributed by atoms with Crippen LogP contribution in [0.4, 0.5) is 52.7 Å². The van der Waals surface area contributed by atoms with E-state index in [9.17, 15) is 53.0 Å². The number of hydrogen-bond acceptors (Lipinski definition) is 13. The van der Waals surface area contributed by atoms with E-state index in [0.29, 0.717) is 54.6 Å². The molecule has 0 spiro atoms. The van der Waals surface area contributed by atoms with Gasteiger partial charge in [0.05, 0.1) is 38.7 Å². The Morgan fingerprint density at radius 2 is 0.873 bits per heavy atom. The molecule has 13 nitrogen and oxygen atoms in total. The van der Waals surface area contributed by atoms with Crippen molar-refractivity contribution in [3.63, 3.8) is 0 Å². The Hall–Kier alpha value is -7.52. The second-order valence-corrected chi connectivity index (χ2v) is 20.7. The fourth-order valence-corrected chi connectivity index (χ4v) is 11.0. The Balaban J connectivity index is 1.16. The average Bonchev–Trinajstić information content (AvgIpc) is 2.84. The molecule has 0 aliphatic heterocycles. The van der Waals surface area contributed by atoms with Crippen molar-refractivity contribution in [1.82, 2.24) is 0 Å². The summed E-state index contributed by atoms with van der Waals surface area (Å²) in [5.41, 5.74) is -14.9. The molecule has 0 aromatic heterocycles. The topological polar surface area (TPSA) is 188 Å². The lowest BCUT2D eigenvalue weighted by Gasteiger charge is -2.38. The first-order chi connectivity index (χ1) is 36.8. The first-order valence-corrected chi connectivity index (χ1v) is 25.4. The van der Waals surface area contributed by atoms with Crippen LogP contribution in [0.3, 0.4) is 0 Å². The predicted molar refractivity (Wildman–Crippen MR) is 253 cm³/mol. The van der Waals surface area contributed by atoms with Gasteiger partial charge >= 0.3 is 24.7 Å². The molecular formula is C51H33F12NO12S3. The molecule has 0 aliphatic carbocycles. The lowest BCUT2D eigenvalue weighted by Crippen LogP contribution is -2.54. The number of nitriles is 1. The van der Waals surface area contributed by atoms with Gasteiger partial charge in [-0.3, -0.25) is 4.55 Å². The molecule has 0 radical (unpaired) electrons. The van der Waals surface area contributed by atoms with E-state index in [2.05, 4.69) is 9.37 Å². The molecule has 0 atom stereocenters. The molecule has 0 saturated heterocycles. The van der Waals surface area contributed by atoms with Crippen molar-refractivity contribution >= 4 is 32.0 Å². The van der Waals surface area contributed by atoms with E-state index in [1.165, 1.54) is 13.0 Å². The van der Waals surface area contributed by atoms with Crippen molar-refractivity contribution in [3.05, 3.63) is 185 Å². The van der Waals surface area contributed by atoms with Crippen molar-refractivity contribution in [3.8, 4) is 46.3 Å². The SMILES string of the molecule is COc1ccc(C(c2ccc(Oc3cccc(Oc4ccc(C(c5ccc(Oc6ccc(S(=O)(=O)c7ccc(C)c(S(=O)(=O)O)c7)cc6SOOO)cc5)(C(F)(F)F)C(F)(F)F)cc4)c3C#N)cc2)(C(F)(F)F)C(F)(F)F)cc1. The normalized spacial score (nSPS) is 12.9. The molecule has 0 fully saturated rings. The molecule has 28 heteroatoms. The summed E-state index contributed by atoms with van der Waals surface area (Å²) < 4.78 is 266. The largest absolute Gasteiger partial charge is 0.497 e. The maximum atomic E-state index is 15.2. The molecule has 79 heavy (non-hydrogen) atoms. The first kappa shape index (κ1) is 59.1. The smallest absolute Gasteiger partial charge is 0.411 e. The van der Waals surface area contributed by atoms with Crippen molar-refractivity contribution in [1.29, 1.82) is 5.26 Å². The minimum Gasteiger partial charge on any atom is -0.497 e. The molecule has 7 aromatic carbocycles. The van der Waals surface area contributed by atoms with Crippen molar-refractivity contribution in [2.24, 2.45) is 0 Å². The lowest BCUT2D eigenvalue weighted by atomic mass is 9.73. The number of ether oxygens (including phenoxy) is 4. The van der Waals surface area contributed by atoms with Crippen LogP contribution in [0.15, 0.2) is 171 Å². The van der Waals surface area contributed by atoms with Crippen LogP contribution < -0.4 is 18.9 Å². The number of methoxy groups -OCH3 is 1. The molecule has 7 rings (SSSR count). The van der Waals surface area contributed by atoms with Gasteiger partial charge in [0.1, 0.15) is 51.9 Å². The third-order valence-electron chi connectivity index (χ3n) is 12.0. The maximum Gasteiger partial charge on any atom is 0.411 e. The molecule has 0 saturated carbocycles. The Labute approximate surface area is 443 Å². The van der Waals surface area contributed by atoms with Gasteiger partial charge in [-0.05, 0) is 126 Å². The zero-order valence-electron chi connectivity index (χ0n) is 39.6. The van der Waals surface area contributed by atoms with Crippen LogP contribution in [-0.2, 0) is 40.2 Å². The van der Waals surface area contributed by atoms with Gasteiger partial charge in [0, 0.05) is 0 Å². The van der Waals surface area contributed by atoms with Crippen LogP contribution in [0.5, 0.6) is 40.2 Å². The van der Waals surface area contributed by atoms with Crippen LogP contribution in [0, 0.1) is 18.3 Å². The predicted octanol–water partition coefficient (Wildman–Crippen LogP) is 14.6. The summed E-state index contributed by atoms with van der Waals surface area (Å²) in [6, 6.07) is 21.2. The number of aryl methyl sites for hydroxylation is 1. The number of benzene rings is 7. The van der Waals surface area contributed by atoms with Crippen LogP contribution in [0.25, 0.3) is 0 Å². The van der Waals surface area contributed by atoms with Crippen LogP contribution >= 0.6 is 12.0 Å². The average molecular weight is 1180 g/mol. The van der Waals surface area contributed by atoms with Gasteiger partial charge in [-0.1, -0.05) is 65.7 Å². The van der Waals surface area contributed by atoms with E-state index < -0.39 is 115 Å². The fraction of sp³-hybridized carbons (Fsp3) is 0.157. The molecule has 0 heterocycles. The zero-order valence-corrected chi connectivity index (χ0v) is 42.1. The van der Waals surface area contributed by atoms with Crippen LogP contribution in [0.2, 0.25) is 0 Å². The summed E-state index contributed by atoms with van der Waals surface area (Å²) in [5.74, 6) is -2.39. The van der Waals surface area contributed by atoms with E-state index >= 15 is 26.3 Å². The molecule has 0 bridgehead atoms. The highest BCUT2D eigenvalue weighted by Crippen LogP contribution is 2.58. The molecule has 2 N–H and O–H groups in total. The van der Waals surface area contributed by atoms with E-state index in [1.807, 2.05) is 0 Å². The van der Waals surface area contributed by atoms with E-state index in [-0.39, 0.29) is 45.5 Å². The maximum absolute atomic E-state index is 15.2. The zero-order chi connectivity index (χ0) is 58.1. The van der Waals surface area contributed by atoms with E-state index in [1.54, 1.807) is 6.07 Å². The highest BCUT2D eigenvalue weighted by atomic mass is 32.2. The van der Waals surface area contributed by atoms with Gasteiger partial charge in [0.25, 0.3) is 10.1 Å². The molecule has 0 amide bonds. The number of rotatable bonds is 17.